The Labute approximate surface area is 150 Å². The van der Waals surface area contributed by atoms with E-state index in [2.05, 4.69) is 11.1 Å². The number of benzene rings is 2. The molecule has 1 amide bonds. The Morgan fingerprint density at radius 1 is 1.24 bits per heavy atom. The maximum absolute atomic E-state index is 11.8. The van der Waals surface area contributed by atoms with Crippen LogP contribution in [-0.4, -0.2) is 24.7 Å². The van der Waals surface area contributed by atoms with Gasteiger partial charge in [-0.2, -0.15) is 0 Å². The number of ether oxygens (including phenoxy) is 2. The lowest BCUT2D eigenvalue weighted by Gasteiger charge is -2.22. The normalized spacial score (nSPS) is 10.8. The van der Waals surface area contributed by atoms with Gasteiger partial charge in [-0.15, -0.1) is 11.3 Å². The summed E-state index contributed by atoms with van der Waals surface area (Å²) in [4.78, 5) is 17.9. The SMILES string of the molecule is COCN(C(C)=O)c1ccc(OCc2nc3ccccc3s2)cc1C. The predicted molar refractivity (Wildman–Crippen MR) is 100 cm³/mol. The Hall–Kier alpha value is -2.44. The molecule has 0 saturated carbocycles. The number of carbonyl (C=O) groups is 1. The molecule has 3 rings (SSSR count). The van der Waals surface area contributed by atoms with Gasteiger partial charge in [0, 0.05) is 19.7 Å². The third-order valence-electron chi connectivity index (χ3n) is 3.80. The number of para-hydroxylation sites is 1. The van der Waals surface area contributed by atoms with Crippen LogP contribution >= 0.6 is 11.3 Å². The fourth-order valence-corrected chi connectivity index (χ4v) is 3.49. The van der Waals surface area contributed by atoms with E-state index in [-0.39, 0.29) is 12.6 Å². The highest BCUT2D eigenvalue weighted by molar-refractivity contribution is 7.18. The number of anilines is 1. The van der Waals surface area contributed by atoms with Crippen molar-refractivity contribution < 1.29 is 14.3 Å². The highest BCUT2D eigenvalue weighted by atomic mass is 32.1. The molecule has 0 unspecified atom stereocenters. The van der Waals surface area contributed by atoms with Crippen molar-refractivity contribution in [3.05, 3.63) is 53.0 Å². The summed E-state index contributed by atoms with van der Waals surface area (Å²) < 4.78 is 12.1. The minimum absolute atomic E-state index is 0.0620. The van der Waals surface area contributed by atoms with Crippen LogP contribution in [0, 0.1) is 6.92 Å². The number of aromatic nitrogens is 1. The van der Waals surface area contributed by atoms with Crippen LogP contribution in [0.4, 0.5) is 5.69 Å². The molecule has 0 bridgehead atoms. The number of fused-ring (bicyclic) bond motifs is 1. The first-order chi connectivity index (χ1) is 12.1. The van der Waals surface area contributed by atoms with Gasteiger partial charge in [-0.1, -0.05) is 12.1 Å². The van der Waals surface area contributed by atoms with Crippen molar-refractivity contribution >= 4 is 33.1 Å². The third-order valence-corrected chi connectivity index (χ3v) is 4.81. The van der Waals surface area contributed by atoms with Crippen LogP contribution in [0.15, 0.2) is 42.5 Å². The van der Waals surface area contributed by atoms with Gasteiger partial charge < -0.3 is 9.47 Å². The Bertz CT molecular complexity index is 858. The maximum atomic E-state index is 11.8. The summed E-state index contributed by atoms with van der Waals surface area (Å²) in [5, 5.41) is 0.938. The summed E-state index contributed by atoms with van der Waals surface area (Å²) in [6, 6.07) is 13.7. The summed E-state index contributed by atoms with van der Waals surface area (Å²) in [6.07, 6.45) is 0. The average Bonchev–Trinajstić information content (AvgIpc) is 3.01. The number of hydrogen-bond acceptors (Lipinski definition) is 5. The Morgan fingerprint density at radius 2 is 2.04 bits per heavy atom. The lowest BCUT2D eigenvalue weighted by molar-refractivity contribution is -0.117. The number of aryl methyl sites for hydroxylation is 1. The maximum Gasteiger partial charge on any atom is 0.225 e. The van der Waals surface area contributed by atoms with E-state index in [0.717, 1.165) is 32.2 Å². The molecule has 130 valence electrons. The molecule has 6 heteroatoms. The van der Waals surface area contributed by atoms with E-state index in [4.69, 9.17) is 9.47 Å². The van der Waals surface area contributed by atoms with E-state index in [0.29, 0.717) is 6.61 Å². The van der Waals surface area contributed by atoms with Crippen LogP contribution in [0.25, 0.3) is 10.2 Å². The van der Waals surface area contributed by atoms with Crippen LogP contribution in [-0.2, 0) is 16.1 Å². The summed E-state index contributed by atoms with van der Waals surface area (Å²) in [6.45, 7) is 4.12. The molecule has 1 aromatic heterocycles. The summed E-state index contributed by atoms with van der Waals surface area (Å²) in [5.41, 5.74) is 2.77. The number of rotatable bonds is 6. The first kappa shape index (κ1) is 17.4. The van der Waals surface area contributed by atoms with Gasteiger partial charge in [0.15, 0.2) is 0 Å². The number of carbonyl (C=O) groups excluding carboxylic acids is 1. The topological polar surface area (TPSA) is 51.7 Å². The van der Waals surface area contributed by atoms with Crippen molar-refractivity contribution in [3.8, 4) is 5.75 Å². The van der Waals surface area contributed by atoms with Gasteiger partial charge in [0.25, 0.3) is 0 Å². The average molecular weight is 356 g/mol. The van der Waals surface area contributed by atoms with E-state index in [1.165, 1.54) is 6.92 Å². The zero-order valence-corrected chi connectivity index (χ0v) is 15.3. The zero-order chi connectivity index (χ0) is 17.8. The lowest BCUT2D eigenvalue weighted by Crippen LogP contribution is -2.30. The molecule has 0 atom stereocenters. The molecule has 0 aliphatic carbocycles. The molecule has 0 radical (unpaired) electrons. The van der Waals surface area contributed by atoms with E-state index in [1.807, 2.05) is 43.3 Å². The fraction of sp³-hybridized carbons (Fsp3) is 0.263. The highest BCUT2D eigenvalue weighted by Crippen LogP contribution is 2.27. The summed E-state index contributed by atoms with van der Waals surface area (Å²) in [7, 11) is 1.57. The van der Waals surface area contributed by atoms with Crippen molar-refractivity contribution in [1.29, 1.82) is 0 Å². The van der Waals surface area contributed by atoms with Crippen LogP contribution in [0.5, 0.6) is 5.75 Å². The van der Waals surface area contributed by atoms with Gasteiger partial charge in [0.05, 0.1) is 10.2 Å². The number of nitrogens with zero attached hydrogens (tertiary/aromatic N) is 2. The van der Waals surface area contributed by atoms with Gasteiger partial charge in [0.1, 0.15) is 24.1 Å². The molecule has 25 heavy (non-hydrogen) atoms. The van der Waals surface area contributed by atoms with Crippen LogP contribution < -0.4 is 9.64 Å². The molecule has 5 nitrogen and oxygen atoms in total. The van der Waals surface area contributed by atoms with Crippen molar-refractivity contribution in [2.24, 2.45) is 0 Å². The molecule has 0 saturated heterocycles. The molecular formula is C19H20N2O3S. The molecule has 0 fully saturated rings. The molecular weight excluding hydrogens is 336 g/mol. The zero-order valence-electron chi connectivity index (χ0n) is 14.5. The number of hydrogen-bond donors (Lipinski definition) is 0. The predicted octanol–water partition coefficient (Wildman–Crippen LogP) is 4.14. The van der Waals surface area contributed by atoms with E-state index in [9.17, 15) is 4.79 Å². The van der Waals surface area contributed by atoms with Gasteiger partial charge in [0.2, 0.25) is 5.91 Å². The van der Waals surface area contributed by atoms with Gasteiger partial charge in [-0.3, -0.25) is 9.69 Å². The number of amides is 1. The molecule has 0 aliphatic heterocycles. The van der Waals surface area contributed by atoms with Crippen LogP contribution in [0.2, 0.25) is 0 Å². The second kappa shape index (κ2) is 7.63. The molecule has 3 aromatic rings. The summed E-state index contributed by atoms with van der Waals surface area (Å²) >= 11 is 1.63. The molecule has 0 aliphatic rings. The van der Waals surface area contributed by atoms with Gasteiger partial charge in [-0.25, -0.2) is 4.98 Å². The molecule has 0 spiro atoms. The quantitative estimate of drug-likeness (QED) is 0.623. The molecule has 2 aromatic carbocycles. The van der Waals surface area contributed by atoms with Gasteiger partial charge in [-0.05, 0) is 42.8 Å². The first-order valence-electron chi connectivity index (χ1n) is 7.93. The lowest BCUT2D eigenvalue weighted by atomic mass is 10.1. The van der Waals surface area contributed by atoms with Crippen LogP contribution in [0.3, 0.4) is 0 Å². The van der Waals surface area contributed by atoms with Crippen molar-refractivity contribution in [1.82, 2.24) is 4.98 Å². The van der Waals surface area contributed by atoms with Crippen molar-refractivity contribution in [2.45, 2.75) is 20.5 Å². The fourth-order valence-electron chi connectivity index (χ4n) is 2.61. The van der Waals surface area contributed by atoms with Crippen molar-refractivity contribution in [2.75, 3.05) is 18.7 Å². The standard InChI is InChI=1S/C19H20N2O3S/c1-13-10-15(8-9-17(13)21(12-23-3)14(2)22)24-11-19-20-16-6-4-5-7-18(16)25-19/h4-10H,11-12H2,1-3H3. The molecule has 0 N–H and O–H groups in total. The Morgan fingerprint density at radius 3 is 2.72 bits per heavy atom. The number of methoxy groups -OCH3 is 1. The van der Waals surface area contributed by atoms with E-state index in [1.54, 1.807) is 23.3 Å². The van der Waals surface area contributed by atoms with E-state index < -0.39 is 0 Å². The van der Waals surface area contributed by atoms with Crippen LogP contribution in [0.1, 0.15) is 17.5 Å². The Balaban J connectivity index is 1.73. The van der Waals surface area contributed by atoms with Gasteiger partial charge >= 0.3 is 0 Å². The monoisotopic (exact) mass is 356 g/mol. The second-order valence-electron chi connectivity index (χ2n) is 5.68. The minimum Gasteiger partial charge on any atom is -0.486 e. The minimum atomic E-state index is -0.0620. The smallest absolute Gasteiger partial charge is 0.225 e. The third kappa shape index (κ3) is 3.97. The summed E-state index contributed by atoms with van der Waals surface area (Å²) in [5.74, 6) is 0.689. The second-order valence-corrected chi connectivity index (χ2v) is 6.79. The Kier molecular flexibility index (Phi) is 5.31. The van der Waals surface area contributed by atoms with Crippen molar-refractivity contribution in [3.63, 3.8) is 0 Å². The van der Waals surface area contributed by atoms with E-state index >= 15 is 0 Å². The first-order valence-corrected chi connectivity index (χ1v) is 8.75. The highest BCUT2D eigenvalue weighted by Gasteiger charge is 2.14. The molecule has 1 heterocycles. The number of thiazole rings is 1. The largest absolute Gasteiger partial charge is 0.486 e.